The molecule has 36 heavy (non-hydrogen) atoms. The smallest absolute Gasteiger partial charge is 0.230 e. The number of amides is 2. The maximum Gasteiger partial charge on any atom is 0.230 e. The van der Waals surface area contributed by atoms with Crippen LogP contribution in [0.15, 0.2) is 67.0 Å². The molecule has 0 saturated carbocycles. The van der Waals surface area contributed by atoms with Gasteiger partial charge in [-0.2, -0.15) is 0 Å². The van der Waals surface area contributed by atoms with E-state index in [0.29, 0.717) is 18.1 Å². The zero-order chi connectivity index (χ0) is 24.9. The lowest BCUT2D eigenvalue weighted by Gasteiger charge is -2.35. The maximum atomic E-state index is 13.0. The lowest BCUT2D eigenvalue weighted by Crippen LogP contribution is -2.46. The van der Waals surface area contributed by atoms with E-state index in [1.54, 1.807) is 24.1 Å². The Bertz CT molecular complexity index is 1210. The number of piperazine rings is 1. The molecular formula is C27H30N6O3. The highest BCUT2D eigenvalue weighted by atomic mass is 16.5. The van der Waals surface area contributed by atoms with Crippen LogP contribution in [-0.2, 0) is 16.1 Å². The Labute approximate surface area is 210 Å². The molecule has 1 N–H and O–H groups in total. The van der Waals surface area contributed by atoms with Gasteiger partial charge in [0.15, 0.2) is 0 Å². The molecule has 0 bridgehead atoms. The van der Waals surface area contributed by atoms with Crippen LogP contribution in [0.5, 0.6) is 5.75 Å². The topological polar surface area (TPSA) is 90.9 Å². The van der Waals surface area contributed by atoms with Crippen molar-refractivity contribution in [3.8, 4) is 5.75 Å². The number of anilines is 3. The molecule has 0 spiro atoms. The van der Waals surface area contributed by atoms with Gasteiger partial charge in [0.25, 0.3) is 0 Å². The van der Waals surface area contributed by atoms with Crippen molar-refractivity contribution in [2.24, 2.45) is 5.92 Å². The van der Waals surface area contributed by atoms with Crippen LogP contribution in [0, 0.1) is 5.92 Å². The fourth-order valence-electron chi connectivity index (χ4n) is 4.70. The quantitative estimate of drug-likeness (QED) is 0.549. The summed E-state index contributed by atoms with van der Waals surface area (Å²) < 4.78 is 5.26. The zero-order valence-corrected chi connectivity index (χ0v) is 20.3. The standard InChI is InChI=1S/C27H30N6O3/c1-36-23-9-5-8-22(15-23)33-18-21(14-26(33)34)27(35)30-24-16-25(29-19-28-24)32-12-10-31(11-13-32)17-20-6-3-2-4-7-20/h2-9,15-16,19,21H,10-14,17-18H2,1H3,(H,28,29,30,35). The molecule has 2 aromatic carbocycles. The Morgan fingerprint density at radius 2 is 1.83 bits per heavy atom. The van der Waals surface area contributed by atoms with Crippen molar-refractivity contribution >= 4 is 29.1 Å². The fraction of sp³-hybridized carbons (Fsp3) is 0.333. The first-order chi connectivity index (χ1) is 17.6. The predicted molar refractivity (Wildman–Crippen MR) is 138 cm³/mol. The minimum Gasteiger partial charge on any atom is -0.497 e. The second-order valence-corrected chi connectivity index (χ2v) is 9.11. The third-order valence-electron chi connectivity index (χ3n) is 6.71. The van der Waals surface area contributed by atoms with Crippen LogP contribution in [0.4, 0.5) is 17.3 Å². The van der Waals surface area contributed by atoms with Crippen LogP contribution >= 0.6 is 0 Å². The number of hydrogen-bond acceptors (Lipinski definition) is 7. The number of aromatic nitrogens is 2. The molecule has 3 aromatic rings. The molecule has 1 aromatic heterocycles. The van der Waals surface area contributed by atoms with Gasteiger partial charge in [-0.05, 0) is 17.7 Å². The highest BCUT2D eigenvalue weighted by molar-refractivity contribution is 6.03. The van der Waals surface area contributed by atoms with Crippen LogP contribution in [-0.4, -0.2) is 66.5 Å². The first-order valence-electron chi connectivity index (χ1n) is 12.2. The number of nitrogens with one attached hydrogen (secondary N) is 1. The number of nitrogens with zero attached hydrogens (tertiary/aromatic N) is 5. The van der Waals surface area contributed by atoms with E-state index in [4.69, 9.17) is 4.74 Å². The largest absolute Gasteiger partial charge is 0.497 e. The molecule has 0 aliphatic carbocycles. The van der Waals surface area contributed by atoms with Crippen LogP contribution in [0.2, 0.25) is 0 Å². The number of carbonyl (C=O) groups is 2. The van der Waals surface area contributed by atoms with Crippen molar-refractivity contribution < 1.29 is 14.3 Å². The molecule has 9 heteroatoms. The number of carbonyl (C=O) groups excluding carboxylic acids is 2. The Morgan fingerprint density at radius 3 is 2.61 bits per heavy atom. The molecule has 0 radical (unpaired) electrons. The number of hydrogen-bond donors (Lipinski definition) is 1. The molecular weight excluding hydrogens is 456 g/mol. The van der Waals surface area contributed by atoms with E-state index in [1.165, 1.54) is 11.9 Å². The molecule has 186 valence electrons. The average molecular weight is 487 g/mol. The van der Waals surface area contributed by atoms with Gasteiger partial charge >= 0.3 is 0 Å². The van der Waals surface area contributed by atoms with Crippen molar-refractivity contribution in [1.82, 2.24) is 14.9 Å². The van der Waals surface area contributed by atoms with Crippen molar-refractivity contribution in [3.63, 3.8) is 0 Å². The molecule has 2 aliphatic rings. The van der Waals surface area contributed by atoms with Crippen molar-refractivity contribution in [1.29, 1.82) is 0 Å². The maximum absolute atomic E-state index is 13.0. The van der Waals surface area contributed by atoms with Crippen LogP contribution in [0.1, 0.15) is 12.0 Å². The highest BCUT2D eigenvalue weighted by Crippen LogP contribution is 2.28. The summed E-state index contributed by atoms with van der Waals surface area (Å²) in [6.45, 7) is 4.83. The summed E-state index contributed by atoms with van der Waals surface area (Å²) in [7, 11) is 1.59. The van der Waals surface area contributed by atoms with Gasteiger partial charge in [0, 0.05) is 63.5 Å². The average Bonchev–Trinajstić information content (AvgIpc) is 3.32. The fourth-order valence-corrected chi connectivity index (χ4v) is 4.70. The number of benzene rings is 2. The van der Waals surface area contributed by atoms with Gasteiger partial charge in [0.1, 0.15) is 23.7 Å². The van der Waals surface area contributed by atoms with Crippen molar-refractivity contribution in [2.45, 2.75) is 13.0 Å². The van der Waals surface area contributed by atoms with E-state index >= 15 is 0 Å². The third-order valence-corrected chi connectivity index (χ3v) is 6.71. The first kappa shape index (κ1) is 23.7. The summed E-state index contributed by atoms with van der Waals surface area (Å²) in [5, 5.41) is 2.89. The summed E-state index contributed by atoms with van der Waals surface area (Å²) in [4.78, 5) is 40.5. The summed E-state index contributed by atoms with van der Waals surface area (Å²) in [5.74, 6) is 1.15. The first-order valence-corrected chi connectivity index (χ1v) is 12.2. The van der Waals surface area contributed by atoms with Gasteiger partial charge in [-0.25, -0.2) is 9.97 Å². The van der Waals surface area contributed by atoms with E-state index in [0.717, 1.165) is 44.2 Å². The highest BCUT2D eigenvalue weighted by Gasteiger charge is 2.35. The molecule has 2 amide bonds. The van der Waals surface area contributed by atoms with Crippen molar-refractivity contribution in [2.75, 3.05) is 55.0 Å². The summed E-state index contributed by atoms with van der Waals surface area (Å²) in [5.41, 5.74) is 2.04. The van der Waals surface area contributed by atoms with Gasteiger partial charge in [-0.3, -0.25) is 14.5 Å². The van der Waals surface area contributed by atoms with E-state index in [-0.39, 0.29) is 18.2 Å². The Hall–Kier alpha value is -3.98. The summed E-state index contributed by atoms with van der Waals surface area (Å²) in [6.07, 6.45) is 1.63. The SMILES string of the molecule is COc1cccc(N2CC(C(=O)Nc3cc(N4CCN(Cc5ccccc5)CC4)ncn3)CC2=O)c1. The molecule has 3 heterocycles. The number of ether oxygens (including phenoxy) is 1. The van der Waals surface area contributed by atoms with Gasteiger partial charge in [0.05, 0.1) is 13.0 Å². The lowest BCUT2D eigenvalue weighted by molar-refractivity contribution is -0.122. The predicted octanol–water partition coefficient (Wildman–Crippen LogP) is 2.80. The summed E-state index contributed by atoms with van der Waals surface area (Å²) in [6, 6.07) is 19.6. The molecule has 2 saturated heterocycles. The second kappa shape index (κ2) is 10.7. The van der Waals surface area contributed by atoms with Crippen LogP contribution in [0.3, 0.4) is 0 Å². The molecule has 1 unspecified atom stereocenters. The van der Waals surface area contributed by atoms with E-state index in [2.05, 4.69) is 49.4 Å². The zero-order valence-electron chi connectivity index (χ0n) is 20.3. The van der Waals surface area contributed by atoms with Gasteiger partial charge in [0.2, 0.25) is 11.8 Å². The Morgan fingerprint density at radius 1 is 1.03 bits per heavy atom. The monoisotopic (exact) mass is 486 g/mol. The minimum atomic E-state index is -0.455. The summed E-state index contributed by atoms with van der Waals surface area (Å²) >= 11 is 0. The Balaban J connectivity index is 1.17. The number of rotatable bonds is 7. The minimum absolute atomic E-state index is 0.0832. The number of methoxy groups -OCH3 is 1. The third kappa shape index (κ3) is 5.46. The lowest BCUT2D eigenvalue weighted by atomic mass is 10.1. The molecule has 2 aliphatic heterocycles. The normalized spacial score (nSPS) is 18.4. The van der Waals surface area contributed by atoms with Crippen LogP contribution < -0.4 is 19.9 Å². The van der Waals surface area contributed by atoms with Gasteiger partial charge in [-0.15, -0.1) is 0 Å². The molecule has 5 rings (SSSR count). The van der Waals surface area contributed by atoms with Crippen LogP contribution in [0.25, 0.3) is 0 Å². The van der Waals surface area contributed by atoms with Gasteiger partial charge < -0.3 is 19.9 Å². The van der Waals surface area contributed by atoms with E-state index in [1.807, 2.05) is 24.3 Å². The van der Waals surface area contributed by atoms with Gasteiger partial charge in [-0.1, -0.05) is 36.4 Å². The van der Waals surface area contributed by atoms with Crippen molar-refractivity contribution in [3.05, 3.63) is 72.6 Å². The van der Waals surface area contributed by atoms with E-state index in [9.17, 15) is 9.59 Å². The molecule has 9 nitrogen and oxygen atoms in total. The second-order valence-electron chi connectivity index (χ2n) is 9.11. The molecule has 2 fully saturated rings. The Kier molecular flexibility index (Phi) is 7.08. The molecule has 1 atom stereocenters. The van der Waals surface area contributed by atoms with E-state index < -0.39 is 5.92 Å².